The number of benzene rings is 1. The smallest absolute Gasteiger partial charge is 0.236 e. The first-order valence-corrected chi connectivity index (χ1v) is 5.20. The van der Waals surface area contributed by atoms with Gasteiger partial charge in [0, 0.05) is 25.3 Å². The monoisotopic (exact) mass is 223 g/mol. The van der Waals surface area contributed by atoms with E-state index in [2.05, 4.69) is 5.32 Å². The number of nitrogens with two attached hydrogens (primary N) is 1. The van der Waals surface area contributed by atoms with Crippen LogP contribution in [-0.2, 0) is 4.79 Å². The van der Waals surface area contributed by atoms with Crippen LogP contribution in [-0.4, -0.2) is 31.6 Å². The molecule has 0 spiro atoms. The molecule has 0 aromatic heterocycles. The van der Waals surface area contributed by atoms with Crippen molar-refractivity contribution in [1.82, 2.24) is 5.32 Å². The van der Waals surface area contributed by atoms with E-state index in [0.29, 0.717) is 13.1 Å². The van der Waals surface area contributed by atoms with Crippen LogP contribution in [0.2, 0.25) is 0 Å². The molecule has 0 radical (unpaired) electrons. The molecule has 1 fully saturated rings. The van der Waals surface area contributed by atoms with Gasteiger partial charge >= 0.3 is 0 Å². The third kappa shape index (κ3) is 2.30. The van der Waals surface area contributed by atoms with E-state index in [-0.39, 0.29) is 17.8 Å². The first kappa shape index (κ1) is 10.9. The summed E-state index contributed by atoms with van der Waals surface area (Å²) in [5.74, 6) is -0.614. The van der Waals surface area contributed by atoms with Crippen molar-refractivity contribution in [3.05, 3.63) is 30.1 Å². The maximum absolute atomic E-state index is 12.8. The van der Waals surface area contributed by atoms with Crippen molar-refractivity contribution in [2.45, 2.75) is 6.04 Å². The van der Waals surface area contributed by atoms with Gasteiger partial charge in [-0.25, -0.2) is 4.39 Å². The Bertz CT molecular complexity index is 379. The lowest BCUT2D eigenvalue weighted by Crippen LogP contribution is -2.56. The summed E-state index contributed by atoms with van der Waals surface area (Å²) >= 11 is 0. The third-order valence-electron chi connectivity index (χ3n) is 2.71. The molecule has 0 unspecified atom stereocenters. The SMILES string of the molecule is NC(=O)[C@H]1CN(c2ccc(F)cc2)CCN1. The highest BCUT2D eigenvalue weighted by Crippen LogP contribution is 2.16. The van der Waals surface area contributed by atoms with Crippen LogP contribution >= 0.6 is 0 Å². The number of halogens is 1. The molecule has 1 aliphatic heterocycles. The summed E-state index contributed by atoms with van der Waals surface area (Å²) < 4.78 is 12.8. The van der Waals surface area contributed by atoms with Crippen LogP contribution in [0.1, 0.15) is 0 Å². The molecule has 4 nitrogen and oxygen atoms in total. The second kappa shape index (κ2) is 4.49. The number of carbonyl (C=O) groups excluding carboxylic acids is 1. The number of rotatable bonds is 2. The maximum Gasteiger partial charge on any atom is 0.236 e. The summed E-state index contributed by atoms with van der Waals surface area (Å²) in [6.07, 6.45) is 0. The molecule has 0 saturated carbocycles. The summed E-state index contributed by atoms with van der Waals surface area (Å²) in [6, 6.07) is 5.91. The molecule has 1 atom stereocenters. The lowest BCUT2D eigenvalue weighted by Gasteiger charge is -2.33. The minimum atomic E-state index is -0.355. The number of primary amides is 1. The number of carbonyl (C=O) groups is 1. The highest BCUT2D eigenvalue weighted by Gasteiger charge is 2.23. The zero-order chi connectivity index (χ0) is 11.5. The van der Waals surface area contributed by atoms with E-state index >= 15 is 0 Å². The van der Waals surface area contributed by atoms with E-state index in [1.54, 1.807) is 12.1 Å². The summed E-state index contributed by atoms with van der Waals surface area (Å²) in [6.45, 7) is 2.02. The van der Waals surface area contributed by atoms with Crippen LogP contribution in [0.4, 0.5) is 10.1 Å². The van der Waals surface area contributed by atoms with Crippen LogP contribution in [0.25, 0.3) is 0 Å². The molecule has 1 aromatic rings. The Labute approximate surface area is 93.2 Å². The summed E-state index contributed by atoms with van der Waals surface area (Å²) in [5, 5.41) is 3.04. The van der Waals surface area contributed by atoms with Gasteiger partial charge in [0.15, 0.2) is 0 Å². The Hall–Kier alpha value is -1.62. The van der Waals surface area contributed by atoms with Crippen molar-refractivity contribution < 1.29 is 9.18 Å². The van der Waals surface area contributed by atoms with Gasteiger partial charge in [-0.1, -0.05) is 0 Å². The Kier molecular flexibility index (Phi) is 3.05. The Morgan fingerprint density at radius 1 is 1.44 bits per heavy atom. The van der Waals surface area contributed by atoms with Crippen molar-refractivity contribution in [3.8, 4) is 0 Å². The average Bonchev–Trinajstić information content (AvgIpc) is 2.30. The van der Waals surface area contributed by atoms with E-state index in [1.165, 1.54) is 12.1 Å². The van der Waals surface area contributed by atoms with Crippen molar-refractivity contribution in [2.75, 3.05) is 24.5 Å². The van der Waals surface area contributed by atoms with Gasteiger partial charge in [-0.15, -0.1) is 0 Å². The zero-order valence-electron chi connectivity index (χ0n) is 8.82. The Balaban J connectivity index is 2.09. The number of amides is 1. The zero-order valence-corrected chi connectivity index (χ0v) is 8.82. The van der Waals surface area contributed by atoms with Gasteiger partial charge in [0.1, 0.15) is 11.9 Å². The molecule has 0 bridgehead atoms. The van der Waals surface area contributed by atoms with Crippen molar-refractivity contribution in [1.29, 1.82) is 0 Å². The molecule has 16 heavy (non-hydrogen) atoms. The van der Waals surface area contributed by atoms with E-state index in [0.717, 1.165) is 12.2 Å². The molecule has 86 valence electrons. The Morgan fingerprint density at radius 2 is 2.12 bits per heavy atom. The molecular weight excluding hydrogens is 209 g/mol. The third-order valence-corrected chi connectivity index (χ3v) is 2.71. The van der Waals surface area contributed by atoms with Gasteiger partial charge in [-0.05, 0) is 24.3 Å². The van der Waals surface area contributed by atoms with Crippen LogP contribution in [0.3, 0.4) is 0 Å². The van der Waals surface area contributed by atoms with Crippen LogP contribution in [0.5, 0.6) is 0 Å². The predicted octanol–water partition coefficient (Wildman–Crippen LogP) is 0.0892. The molecule has 2 rings (SSSR count). The molecule has 0 aliphatic carbocycles. The standard InChI is InChI=1S/C11H14FN3O/c12-8-1-3-9(4-2-8)15-6-5-14-10(7-15)11(13)16/h1-4,10,14H,5-7H2,(H2,13,16)/t10-/m1/s1. The number of anilines is 1. The van der Waals surface area contributed by atoms with E-state index in [4.69, 9.17) is 5.73 Å². The Morgan fingerprint density at radius 3 is 2.75 bits per heavy atom. The normalized spacial score (nSPS) is 20.8. The van der Waals surface area contributed by atoms with Gasteiger partial charge in [0.05, 0.1) is 0 Å². The van der Waals surface area contributed by atoms with E-state index < -0.39 is 0 Å². The number of hydrogen-bond acceptors (Lipinski definition) is 3. The highest BCUT2D eigenvalue weighted by atomic mass is 19.1. The molecular formula is C11H14FN3O. The first-order valence-electron chi connectivity index (χ1n) is 5.20. The molecule has 1 saturated heterocycles. The summed E-state index contributed by atoms with van der Waals surface area (Å²) in [4.78, 5) is 13.1. The molecule has 1 amide bonds. The quantitative estimate of drug-likeness (QED) is 0.747. The predicted molar refractivity (Wildman–Crippen MR) is 59.6 cm³/mol. The fourth-order valence-electron chi connectivity index (χ4n) is 1.83. The van der Waals surface area contributed by atoms with Crippen molar-refractivity contribution >= 4 is 11.6 Å². The van der Waals surface area contributed by atoms with E-state index in [9.17, 15) is 9.18 Å². The number of hydrogen-bond donors (Lipinski definition) is 2. The molecule has 5 heteroatoms. The summed E-state index contributed by atoms with van der Waals surface area (Å²) in [5.41, 5.74) is 6.15. The average molecular weight is 223 g/mol. The fourth-order valence-corrected chi connectivity index (χ4v) is 1.83. The maximum atomic E-state index is 12.8. The minimum absolute atomic E-state index is 0.259. The van der Waals surface area contributed by atoms with Gasteiger partial charge in [-0.2, -0.15) is 0 Å². The highest BCUT2D eigenvalue weighted by molar-refractivity contribution is 5.81. The number of nitrogens with one attached hydrogen (secondary N) is 1. The topological polar surface area (TPSA) is 58.4 Å². The van der Waals surface area contributed by atoms with Crippen LogP contribution < -0.4 is 16.0 Å². The number of nitrogens with zero attached hydrogens (tertiary/aromatic N) is 1. The molecule has 1 aromatic carbocycles. The lowest BCUT2D eigenvalue weighted by atomic mass is 10.1. The number of piperazine rings is 1. The van der Waals surface area contributed by atoms with Crippen LogP contribution in [0.15, 0.2) is 24.3 Å². The lowest BCUT2D eigenvalue weighted by molar-refractivity contribution is -0.120. The van der Waals surface area contributed by atoms with Gasteiger partial charge in [0.2, 0.25) is 5.91 Å². The van der Waals surface area contributed by atoms with Gasteiger partial charge in [0.25, 0.3) is 0 Å². The van der Waals surface area contributed by atoms with E-state index in [1.807, 2.05) is 4.90 Å². The molecule has 3 N–H and O–H groups in total. The fraction of sp³-hybridized carbons (Fsp3) is 0.364. The largest absolute Gasteiger partial charge is 0.368 e. The first-order chi connectivity index (χ1) is 7.66. The van der Waals surface area contributed by atoms with Crippen LogP contribution in [0, 0.1) is 5.82 Å². The van der Waals surface area contributed by atoms with Crippen molar-refractivity contribution in [3.63, 3.8) is 0 Å². The second-order valence-corrected chi connectivity index (χ2v) is 3.83. The minimum Gasteiger partial charge on any atom is -0.368 e. The molecule has 1 aliphatic rings. The molecule has 1 heterocycles. The van der Waals surface area contributed by atoms with Gasteiger partial charge in [-0.3, -0.25) is 4.79 Å². The second-order valence-electron chi connectivity index (χ2n) is 3.83. The van der Waals surface area contributed by atoms with Gasteiger partial charge < -0.3 is 16.0 Å². The van der Waals surface area contributed by atoms with Crippen molar-refractivity contribution in [2.24, 2.45) is 5.73 Å². The summed E-state index contributed by atoms with van der Waals surface area (Å²) in [7, 11) is 0.